The smallest absolute Gasteiger partial charge is 0.113 e. The van der Waals surface area contributed by atoms with Gasteiger partial charge in [0, 0.05) is 5.02 Å². The largest absolute Gasteiger partial charge is 0.399 e. The Kier molecular flexibility index (Phi) is 7.46. The van der Waals surface area contributed by atoms with Crippen LogP contribution in [0.3, 0.4) is 0 Å². The van der Waals surface area contributed by atoms with E-state index < -0.39 is 37.1 Å². The highest BCUT2D eigenvalue weighted by atomic mass is 35.5. The summed E-state index contributed by atoms with van der Waals surface area (Å²) in [6, 6.07) is 13.1. The maximum absolute atomic E-state index is 10.4. The summed E-state index contributed by atoms with van der Waals surface area (Å²) >= 11 is 6.38. The molecule has 30 heavy (non-hydrogen) atoms. The van der Waals surface area contributed by atoms with Crippen LogP contribution in [0.25, 0.3) is 0 Å². The number of aliphatic hydroxyl groups is 4. The minimum Gasteiger partial charge on any atom is -0.399 e. The van der Waals surface area contributed by atoms with Gasteiger partial charge in [-0.25, -0.2) is 0 Å². The molecule has 8 heteroatoms. The van der Waals surface area contributed by atoms with Gasteiger partial charge < -0.3 is 30.0 Å². The Morgan fingerprint density at radius 3 is 2.40 bits per heavy atom. The van der Waals surface area contributed by atoms with Gasteiger partial charge in [-0.15, -0.1) is 0 Å². The van der Waals surface area contributed by atoms with E-state index in [9.17, 15) is 20.4 Å². The Labute approximate surface area is 180 Å². The van der Waals surface area contributed by atoms with Crippen molar-refractivity contribution in [2.45, 2.75) is 43.9 Å². The van der Waals surface area contributed by atoms with Gasteiger partial charge in [0.05, 0.1) is 12.3 Å². The molecule has 7 nitrogen and oxygen atoms in total. The molecule has 1 aliphatic heterocycles. The fraction of sp³-hybridized carbons (Fsp3) is 0.409. The molecule has 1 fully saturated rings. The minimum absolute atomic E-state index is 0.472. The number of hydrogen-bond donors (Lipinski definition) is 4. The number of hydrogen-bond acceptors (Lipinski definition) is 7. The fourth-order valence-electron chi connectivity index (χ4n) is 3.56. The van der Waals surface area contributed by atoms with Gasteiger partial charge in [0.2, 0.25) is 0 Å². The third kappa shape index (κ3) is 4.83. The van der Waals surface area contributed by atoms with Gasteiger partial charge in [-0.1, -0.05) is 53.2 Å². The SMILES string of the molecule is CON=C(C)c1ccc(Cc2cc(C3OC(CO)C(O)C(O)C3O)ccc2Cl)cc1. The average molecular weight is 436 g/mol. The van der Waals surface area contributed by atoms with Crippen LogP contribution in [0.15, 0.2) is 47.6 Å². The van der Waals surface area contributed by atoms with Crippen LogP contribution in [0.1, 0.15) is 35.3 Å². The Morgan fingerprint density at radius 1 is 1.07 bits per heavy atom. The van der Waals surface area contributed by atoms with Gasteiger partial charge in [0.1, 0.15) is 37.6 Å². The zero-order valence-electron chi connectivity index (χ0n) is 16.8. The van der Waals surface area contributed by atoms with E-state index in [1.807, 2.05) is 31.2 Å². The number of benzene rings is 2. The Hall–Kier alpha value is -2.00. The first kappa shape index (κ1) is 22.7. The molecule has 3 rings (SSSR count). The molecule has 0 aliphatic carbocycles. The highest BCUT2D eigenvalue weighted by Crippen LogP contribution is 2.34. The molecule has 2 aromatic carbocycles. The molecular formula is C22H26ClNO6. The average Bonchev–Trinajstić information content (AvgIpc) is 2.75. The van der Waals surface area contributed by atoms with E-state index in [0.717, 1.165) is 22.4 Å². The summed E-state index contributed by atoms with van der Waals surface area (Å²) in [7, 11) is 1.50. The quantitative estimate of drug-likeness (QED) is 0.407. The molecule has 0 saturated carbocycles. The molecule has 162 valence electrons. The van der Waals surface area contributed by atoms with Crippen molar-refractivity contribution in [3.8, 4) is 0 Å². The topological polar surface area (TPSA) is 112 Å². The highest BCUT2D eigenvalue weighted by molar-refractivity contribution is 6.31. The van der Waals surface area contributed by atoms with E-state index in [-0.39, 0.29) is 0 Å². The number of nitrogens with zero attached hydrogens (tertiary/aromatic N) is 1. The summed E-state index contributed by atoms with van der Waals surface area (Å²) in [5, 5.41) is 44.3. The number of ether oxygens (including phenoxy) is 1. The van der Waals surface area contributed by atoms with Crippen molar-refractivity contribution in [3.05, 3.63) is 69.7 Å². The Balaban J connectivity index is 1.82. The summed E-state index contributed by atoms with van der Waals surface area (Å²) in [6.45, 7) is 1.39. The van der Waals surface area contributed by atoms with Gasteiger partial charge in [0.25, 0.3) is 0 Å². The number of aliphatic hydroxyl groups excluding tert-OH is 4. The van der Waals surface area contributed by atoms with E-state index in [1.54, 1.807) is 18.2 Å². The lowest BCUT2D eigenvalue weighted by Gasteiger charge is -2.40. The number of rotatable bonds is 6. The standard InChI is InChI=1S/C22H26ClNO6/c1-12(24-29-2)14-5-3-13(4-6-14)9-16-10-15(7-8-17(16)23)22-21(28)20(27)19(26)18(11-25)30-22/h3-8,10,18-22,25-28H,9,11H2,1-2H3. The maximum Gasteiger partial charge on any atom is 0.113 e. The van der Waals surface area contributed by atoms with Crippen LogP contribution in [0.4, 0.5) is 0 Å². The predicted octanol–water partition coefficient (Wildman–Crippen LogP) is 1.82. The molecule has 4 N–H and O–H groups in total. The van der Waals surface area contributed by atoms with Gasteiger partial charge >= 0.3 is 0 Å². The second-order valence-corrected chi connectivity index (χ2v) is 7.74. The summed E-state index contributed by atoms with van der Waals surface area (Å²) in [5.74, 6) is 0. The lowest BCUT2D eigenvalue weighted by Crippen LogP contribution is -2.55. The Morgan fingerprint density at radius 2 is 1.77 bits per heavy atom. The normalized spacial score (nSPS) is 27.2. The van der Waals surface area contributed by atoms with Crippen LogP contribution < -0.4 is 0 Å². The third-order valence-electron chi connectivity index (χ3n) is 5.29. The summed E-state index contributed by atoms with van der Waals surface area (Å²) in [5.41, 5.74) is 4.16. The zero-order chi connectivity index (χ0) is 21.8. The second kappa shape index (κ2) is 9.87. The molecule has 0 bridgehead atoms. The summed E-state index contributed by atoms with van der Waals surface area (Å²) < 4.78 is 5.65. The van der Waals surface area contributed by atoms with Gasteiger partial charge in [0.15, 0.2) is 0 Å². The molecule has 1 aliphatic rings. The van der Waals surface area contributed by atoms with Crippen molar-refractivity contribution in [2.75, 3.05) is 13.7 Å². The van der Waals surface area contributed by atoms with E-state index in [1.165, 1.54) is 7.11 Å². The third-order valence-corrected chi connectivity index (χ3v) is 5.65. The molecule has 0 aromatic heterocycles. The van der Waals surface area contributed by atoms with Gasteiger partial charge in [-0.3, -0.25) is 0 Å². The molecule has 2 aromatic rings. The van der Waals surface area contributed by atoms with Crippen molar-refractivity contribution in [1.29, 1.82) is 0 Å². The van der Waals surface area contributed by atoms with Crippen LogP contribution in [0.2, 0.25) is 5.02 Å². The van der Waals surface area contributed by atoms with Crippen LogP contribution in [0.5, 0.6) is 0 Å². The second-order valence-electron chi connectivity index (χ2n) is 7.33. The monoisotopic (exact) mass is 435 g/mol. The van der Waals surface area contributed by atoms with Crippen LogP contribution in [0, 0.1) is 0 Å². The maximum atomic E-state index is 10.4. The fourth-order valence-corrected chi connectivity index (χ4v) is 3.74. The first-order valence-electron chi connectivity index (χ1n) is 9.61. The zero-order valence-corrected chi connectivity index (χ0v) is 17.5. The highest BCUT2D eigenvalue weighted by Gasteiger charge is 2.44. The van der Waals surface area contributed by atoms with Crippen molar-refractivity contribution in [3.63, 3.8) is 0 Å². The molecule has 1 saturated heterocycles. The van der Waals surface area contributed by atoms with E-state index in [0.29, 0.717) is 17.0 Å². The summed E-state index contributed by atoms with van der Waals surface area (Å²) in [4.78, 5) is 4.80. The number of halogens is 1. The van der Waals surface area contributed by atoms with Gasteiger partial charge in [-0.05, 0) is 41.7 Å². The molecule has 5 atom stereocenters. The lowest BCUT2D eigenvalue weighted by atomic mass is 9.90. The first-order chi connectivity index (χ1) is 14.3. The molecular weight excluding hydrogens is 410 g/mol. The number of oxime groups is 1. The minimum atomic E-state index is -1.43. The lowest BCUT2D eigenvalue weighted by molar-refractivity contribution is -0.231. The molecule has 0 spiro atoms. The molecule has 0 radical (unpaired) electrons. The van der Waals surface area contributed by atoms with Crippen LogP contribution >= 0.6 is 11.6 Å². The van der Waals surface area contributed by atoms with Crippen molar-refractivity contribution < 1.29 is 30.0 Å². The van der Waals surface area contributed by atoms with Crippen LogP contribution in [-0.4, -0.2) is 64.3 Å². The molecule has 5 unspecified atom stereocenters. The van der Waals surface area contributed by atoms with Crippen molar-refractivity contribution in [1.82, 2.24) is 0 Å². The molecule has 0 amide bonds. The Bertz CT molecular complexity index is 886. The molecule has 1 heterocycles. The van der Waals surface area contributed by atoms with Gasteiger partial charge in [-0.2, -0.15) is 0 Å². The van der Waals surface area contributed by atoms with Crippen LogP contribution in [-0.2, 0) is 16.0 Å². The van der Waals surface area contributed by atoms with Crippen molar-refractivity contribution >= 4 is 17.3 Å². The van der Waals surface area contributed by atoms with Crippen molar-refractivity contribution in [2.24, 2.45) is 5.16 Å². The van der Waals surface area contributed by atoms with E-state index in [4.69, 9.17) is 21.2 Å². The van der Waals surface area contributed by atoms with E-state index in [2.05, 4.69) is 5.16 Å². The van der Waals surface area contributed by atoms with E-state index >= 15 is 0 Å². The summed E-state index contributed by atoms with van der Waals surface area (Å²) in [6.07, 6.45) is -5.46. The predicted molar refractivity (Wildman–Crippen MR) is 113 cm³/mol. The first-order valence-corrected chi connectivity index (χ1v) is 9.99.